The molecular weight excluding hydrogens is 258 g/mol. The van der Waals surface area contributed by atoms with Crippen molar-refractivity contribution < 1.29 is 0 Å². The lowest BCUT2D eigenvalue weighted by atomic mass is 9.93. The Hall–Kier alpha value is -0.900. The zero-order valence-corrected chi connectivity index (χ0v) is 14.3. The van der Waals surface area contributed by atoms with E-state index >= 15 is 0 Å². The van der Waals surface area contributed by atoms with Crippen LogP contribution < -0.4 is 5.32 Å². The fraction of sp³-hybridized carbons (Fsp3) is 0.667. The number of likely N-dealkylation sites (N-methyl/N-ethyl adjacent to an activating group) is 2. The minimum atomic E-state index is 0.413. The maximum Gasteiger partial charge on any atom is 0.0490 e. The van der Waals surface area contributed by atoms with Crippen LogP contribution in [0.25, 0.3) is 0 Å². The number of piperazine rings is 1. The maximum atomic E-state index is 3.79. The van der Waals surface area contributed by atoms with E-state index in [0.717, 1.165) is 19.6 Å². The zero-order chi connectivity index (χ0) is 15.4. The van der Waals surface area contributed by atoms with E-state index in [1.807, 2.05) is 0 Å². The predicted molar refractivity (Wildman–Crippen MR) is 90.9 cm³/mol. The first-order valence-corrected chi connectivity index (χ1v) is 8.21. The van der Waals surface area contributed by atoms with Gasteiger partial charge in [0.05, 0.1) is 0 Å². The van der Waals surface area contributed by atoms with Crippen LogP contribution in [0, 0.1) is 13.8 Å². The van der Waals surface area contributed by atoms with Crippen molar-refractivity contribution >= 4 is 0 Å². The Labute approximate surface area is 130 Å². The lowest BCUT2D eigenvalue weighted by Gasteiger charge is -2.42. The average Bonchev–Trinajstić information content (AvgIpc) is 2.42. The average molecular weight is 289 g/mol. The standard InChI is InChI=1S/C18H31N3/c1-6-7-19-18(16-11-14(2)10-15(3)12-16)17-13-20(4)8-9-21(17)5/h10-12,17-19H,6-9,13H2,1-5H3. The van der Waals surface area contributed by atoms with Gasteiger partial charge in [0, 0.05) is 31.7 Å². The van der Waals surface area contributed by atoms with Gasteiger partial charge in [0.15, 0.2) is 0 Å². The first-order chi connectivity index (χ1) is 10.0. The number of aryl methyl sites for hydroxylation is 2. The molecule has 3 heteroatoms. The van der Waals surface area contributed by atoms with Crippen LogP contribution in [0.2, 0.25) is 0 Å². The fourth-order valence-electron chi connectivity index (χ4n) is 3.37. The third-order valence-electron chi connectivity index (χ3n) is 4.50. The molecule has 0 aromatic heterocycles. The molecule has 1 aliphatic rings. The molecule has 1 fully saturated rings. The Morgan fingerprint density at radius 1 is 1.14 bits per heavy atom. The lowest BCUT2D eigenvalue weighted by Crippen LogP contribution is -2.55. The fourth-order valence-corrected chi connectivity index (χ4v) is 3.37. The quantitative estimate of drug-likeness (QED) is 0.899. The van der Waals surface area contributed by atoms with Crippen LogP contribution in [-0.2, 0) is 0 Å². The Balaban J connectivity index is 2.28. The highest BCUT2D eigenvalue weighted by Crippen LogP contribution is 2.25. The Bertz CT molecular complexity index is 438. The molecule has 118 valence electrons. The molecule has 1 heterocycles. The molecule has 1 aromatic carbocycles. The largest absolute Gasteiger partial charge is 0.309 e. The number of hydrogen-bond acceptors (Lipinski definition) is 3. The third kappa shape index (κ3) is 4.29. The summed E-state index contributed by atoms with van der Waals surface area (Å²) in [5, 5.41) is 3.79. The second-order valence-corrected chi connectivity index (χ2v) is 6.66. The molecule has 0 radical (unpaired) electrons. The second-order valence-electron chi connectivity index (χ2n) is 6.66. The van der Waals surface area contributed by atoms with E-state index in [1.165, 1.54) is 29.7 Å². The second kappa shape index (κ2) is 7.39. The minimum Gasteiger partial charge on any atom is -0.309 e. The van der Waals surface area contributed by atoms with Crippen LogP contribution in [0.5, 0.6) is 0 Å². The van der Waals surface area contributed by atoms with Gasteiger partial charge in [-0.25, -0.2) is 0 Å². The van der Waals surface area contributed by atoms with Gasteiger partial charge in [0.25, 0.3) is 0 Å². The molecule has 0 bridgehead atoms. The minimum absolute atomic E-state index is 0.413. The number of nitrogens with one attached hydrogen (secondary N) is 1. The SMILES string of the molecule is CCCNC(c1cc(C)cc(C)c1)C1CN(C)CCN1C. The smallest absolute Gasteiger partial charge is 0.0490 e. The van der Waals surface area contributed by atoms with Gasteiger partial charge < -0.3 is 10.2 Å². The van der Waals surface area contributed by atoms with Gasteiger partial charge in [-0.05, 0) is 46.5 Å². The van der Waals surface area contributed by atoms with Crippen molar-refractivity contribution in [2.24, 2.45) is 0 Å². The Morgan fingerprint density at radius 3 is 2.43 bits per heavy atom. The third-order valence-corrected chi connectivity index (χ3v) is 4.50. The summed E-state index contributed by atoms with van der Waals surface area (Å²) in [5.74, 6) is 0. The molecule has 21 heavy (non-hydrogen) atoms. The Morgan fingerprint density at radius 2 is 1.81 bits per heavy atom. The molecule has 0 amide bonds. The summed E-state index contributed by atoms with van der Waals surface area (Å²) in [5.41, 5.74) is 4.16. The molecule has 0 saturated carbocycles. The summed E-state index contributed by atoms with van der Waals surface area (Å²) in [6.07, 6.45) is 1.17. The van der Waals surface area contributed by atoms with Crippen molar-refractivity contribution in [1.82, 2.24) is 15.1 Å². The lowest BCUT2D eigenvalue weighted by molar-refractivity contribution is 0.0876. The summed E-state index contributed by atoms with van der Waals surface area (Å²) in [6.45, 7) is 11.2. The van der Waals surface area contributed by atoms with Crippen molar-refractivity contribution in [2.75, 3.05) is 40.3 Å². The van der Waals surface area contributed by atoms with E-state index in [-0.39, 0.29) is 0 Å². The van der Waals surface area contributed by atoms with Gasteiger partial charge in [0.1, 0.15) is 0 Å². The summed E-state index contributed by atoms with van der Waals surface area (Å²) in [6, 6.07) is 7.91. The van der Waals surface area contributed by atoms with Crippen LogP contribution in [0.3, 0.4) is 0 Å². The molecule has 3 nitrogen and oxygen atoms in total. The van der Waals surface area contributed by atoms with Gasteiger partial charge in [-0.1, -0.05) is 36.2 Å². The monoisotopic (exact) mass is 289 g/mol. The molecule has 2 atom stereocenters. The van der Waals surface area contributed by atoms with Crippen molar-refractivity contribution in [2.45, 2.75) is 39.3 Å². The van der Waals surface area contributed by atoms with Crippen LogP contribution >= 0.6 is 0 Å². The van der Waals surface area contributed by atoms with Crippen molar-refractivity contribution in [3.05, 3.63) is 34.9 Å². The number of nitrogens with zero attached hydrogens (tertiary/aromatic N) is 2. The van der Waals surface area contributed by atoms with Gasteiger partial charge >= 0.3 is 0 Å². The molecule has 1 aliphatic heterocycles. The maximum absolute atomic E-state index is 3.79. The van der Waals surface area contributed by atoms with Crippen LogP contribution in [0.1, 0.15) is 36.1 Å². The van der Waals surface area contributed by atoms with E-state index in [0.29, 0.717) is 12.1 Å². The normalized spacial score (nSPS) is 22.4. The van der Waals surface area contributed by atoms with Gasteiger partial charge in [-0.2, -0.15) is 0 Å². The molecule has 1 saturated heterocycles. The highest BCUT2D eigenvalue weighted by molar-refractivity contribution is 5.31. The van der Waals surface area contributed by atoms with Gasteiger partial charge in [0.2, 0.25) is 0 Å². The summed E-state index contributed by atoms with van der Waals surface area (Å²) in [7, 11) is 4.50. The highest BCUT2D eigenvalue weighted by atomic mass is 15.3. The summed E-state index contributed by atoms with van der Waals surface area (Å²) >= 11 is 0. The van der Waals surface area contributed by atoms with E-state index in [9.17, 15) is 0 Å². The van der Waals surface area contributed by atoms with Gasteiger partial charge in [-0.3, -0.25) is 4.90 Å². The van der Waals surface area contributed by atoms with E-state index < -0.39 is 0 Å². The van der Waals surface area contributed by atoms with E-state index in [4.69, 9.17) is 0 Å². The topological polar surface area (TPSA) is 18.5 Å². The Kier molecular flexibility index (Phi) is 5.80. The van der Waals surface area contributed by atoms with E-state index in [1.54, 1.807) is 0 Å². The first kappa shape index (κ1) is 16.5. The predicted octanol–water partition coefficient (Wildman–Crippen LogP) is 2.59. The number of hydrogen-bond donors (Lipinski definition) is 1. The molecule has 0 spiro atoms. The molecule has 2 rings (SSSR count). The van der Waals surface area contributed by atoms with Crippen LogP contribution in [0.4, 0.5) is 0 Å². The van der Waals surface area contributed by atoms with Crippen LogP contribution in [-0.4, -0.2) is 56.1 Å². The van der Waals surface area contributed by atoms with Crippen molar-refractivity contribution in [3.8, 4) is 0 Å². The molecule has 2 unspecified atom stereocenters. The zero-order valence-electron chi connectivity index (χ0n) is 14.3. The van der Waals surface area contributed by atoms with Crippen molar-refractivity contribution in [1.29, 1.82) is 0 Å². The first-order valence-electron chi connectivity index (χ1n) is 8.21. The highest BCUT2D eigenvalue weighted by Gasteiger charge is 2.30. The number of rotatable bonds is 5. The van der Waals surface area contributed by atoms with Crippen molar-refractivity contribution in [3.63, 3.8) is 0 Å². The summed E-state index contributed by atoms with van der Waals surface area (Å²) in [4.78, 5) is 4.97. The van der Waals surface area contributed by atoms with E-state index in [2.05, 4.69) is 68.2 Å². The van der Waals surface area contributed by atoms with Gasteiger partial charge in [-0.15, -0.1) is 0 Å². The number of benzene rings is 1. The summed E-state index contributed by atoms with van der Waals surface area (Å²) < 4.78 is 0. The molecule has 1 N–H and O–H groups in total. The molecule has 0 aliphatic carbocycles. The van der Waals surface area contributed by atoms with Crippen LogP contribution in [0.15, 0.2) is 18.2 Å². The molecular formula is C18H31N3. The molecule has 1 aromatic rings.